The van der Waals surface area contributed by atoms with Crippen molar-refractivity contribution in [3.8, 4) is 28.3 Å². The fourth-order valence-corrected chi connectivity index (χ4v) is 4.81. The van der Waals surface area contributed by atoms with Gasteiger partial charge in [-0.1, -0.05) is 30.3 Å². The molecule has 0 saturated heterocycles. The molecule has 0 atom stereocenters. The normalized spacial score (nSPS) is 12.1. The van der Waals surface area contributed by atoms with Crippen LogP contribution in [0.5, 0.6) is 5.75 Å². The number of hydrogen-bond donors (Lipinski definition) is 2. The molecule has 1 amide bonds. The van der Waals surface area contributed by atoms with Gasteiger partial charge < -0.3 is 20.3 Å². The van der Waals surface area contributed by atoms with Gasteiger partial charge in [-0.25, -0.2) is 9.97 Å². The Morgan fingerprint density at radius 2 is 1.95 bits per heavy atom. The Morgan fingerprint density at radius 3 is 2.71 bits per heavy atom. The van der Waals surface area contributed by atoms with Crippen LogP contribution >= 0.6 is 0 Å². The molecule has 4 aromatic rings. The zero-order chi connectivity index (χ0) is 26.6. The van der Waals surface area contributed by atoms with E-state index in [-0.39, 0.29) is 5.91 Å². The zero-order valence-corrected chi connectivity index (χ0v) is 22.3. The van der Waals surface area contributed by atoms with Crippen molar-refractivity contribution in [2.24, 2.45) is 7.05 Å². The smallest absolute Gasteiger partial charge is 0.251 e. The number of fused-ring (bicyclic) bond motifs is 3. The summed E-state index contributed by atoms with van der Waals surface area (Å²) >= 11 is 0. The van der Waals surface area contributed by atoms with Crippen molar-refractivity contribution in [1.82, 2.24) is 30.0 Å². The molecule has 0 radical (unpaired) electrons. The quantitative estimate of drug-likeness (QED) is 0.327. The number of amides is 1. The molecule has 1 aliphatic carbocycles. The van der Waals surface area contributed by atoms with Crippen LogP contribution in [0.2, 0.25) is 0 Å². The maximum absolute atomic E-state index is 12.6. The first-order chi connectivity index (χ1) is 18.4. The number of methoxy groups -OCH3 is 1. The molecule has 0 spiro atoms. The van der Waals surface area contributed by atoms with Gasteiger partial charge in [-0.2, -0.15) is 5.10 Å². The Morgan fingerprint density at radius 1 is 1.13 bits per heavy atom. The number of carbonyl (C=O) groups is 1. The molecular formula is C29H33N7O2. The number of rotatable bonds is 9. The van der Waals surface area contributed by atoms with Gasteiger partial charge in [0.05, 0.1) is 29.9 Å². The monoisotopic (exact) mass is 511 g/mol. The van der Waals surface area contributed by atoms with Crippen molar-refractivity contribution in [2.75, 3.05) is 39.6 Å². The minimum absolute atomic E-state index is 0.129. The minimum atomic E-state index is -0.129. The number of aromatic nitrogens is 4. The number of anilines is 2. The first kappa shape index (κ1) is 25.4. The second kappa shape index (κ2) is 11.0. The summed E-state index contributed by atoms with van der Waals surface area (Å²) in [5.41, 5.74) is 7.45. The maximum atomic E-state index is 12.6. The summed E-state index contributed by atoms with van der Waals surface area (Å²) in [6.45, 7) is 1.53. The van der Waals surface area contributed by atoms with E-state index >= 15 is 0 Å². The molecule has 2 aromatic heterocycles. The SMILES string of the molecule is COc1cc(C(=O)NCCCN(C)C)ccc1Nc1ncc2c(n1)-c1c(nn(C)c1-c1ccccc1)CC2. The van der Waals surface area contributed by atoms with E-state index < -0.39 is 0 Å². The number of benzene rings is 2. The highest BCUT2D eigenvalue weighted by Crippen LogP contribution is 2.39. The largest absolute Gasteiger partial charge is 0.495 e. The fourth-order valence-electron chi connectivity index (χ4n) is 4.81. The summed E-state index contributed by atoms with van der Waals surface area (Å²) in [4.78, 5) is 24.2. The number of nitrogens with zero attached hydrogens (tertiary/aromatic N) is 5. The van der Waals surface area contributed by atoms with Gasteiger partial charge in [0.15, 0.2) is 0 Å². The zero-order valence-electron chi connectivity index (χ0n) is 22.3. The van der Waals surface area contributed by atoms with E-state index in [0.29, 0.717) is 29.5 Å². The van der Waals surface area contributed by atoms with Crippen LogP contribution in [0.4, 0.5) is 11.6 Å². The molecule has 5 rings (SSSR count). The van der Waals surface area contributed by atoms with Gasteiger partial charge in [0.2, 0.25) is 5.95 Å². The van der Waals surface area contributed by atoms with Gasteiger partial charge in [-0.3, -0.25) is 9.48 Å². The molecule has 9 heteroatoms. The molecule has 2 heterocycles. The second-order valence-corrected chi connectivity index (χ2v) is 9.68. The van der Waals surface area contributed by atoms with E-state index in [9.17, 15) is 4.79 Å². The summed E-state index contributed by atoms with van der Waals surface area (Å²) in [7, 11) is 7.59. The van der Waals surface area contributed by atoms with Crippen molar-refractivity contribution in [3.63, 3.8) is 0 Å². The predicted octanol–water partition coefficient (Wildman–Crippen LogP) is 4.08. The van der Waals surface area contributed by atoms with Crippen LogP contribution < -0.4 is 15.4 Å². The molecule has 196 valence electrons. The van der Waals surface area contributed by atoms with Gasteiger partial charge in [-0.05, 0) is 63.7 Å². The van der Waals surface area contributed by atoms with Crippen LogP contribution in [-0.2, 0) is 19.9 Å². The van der Waals surface area contributed by atoms with Gasteiger partial charge >= 0.3 is 0 Å². The average Bonchev–Trinajstić information content (AvgIpc) is 3.27. The summed E-state index contributed by atoms with van der Waals surface area (Å²) in [5, 5.41) is 11.1. The molecule has 0 unspecified atom stereocenters. The molecule has 0 fully saturated rings. The van der Waals surface area contributed by atoms with Crippen molar-refractivity contribution in [2.45, 2.75) is 19.3 Å². The number of nitrogens with one attached hydrogen (secondary N) is 2. The van der Waals surface area contributed by atoms with Crippen LogP contribution in [0, 0.1) is 0 Å². The Labute approximate surface area is 222 Å². The van der Waals surface area contributed by atoms with Crippen LogP contribution in [0.1, 0.15) is 28.0 Å². The van der Waals surface area contributed by atoms with E-state index in [1.165, 1.54) is 0 Å². The Bertz CT molecular complexity index is 1450. The van der Waals surface area contributed by atoms with Crippen molar-refractivity contribution >= 4 is 17.5 Å². The summed E-state index contributed by atoms with van der Waals surface area (Å²) in [6.07, 6.45) is 4.47. The first-order valence-electron chi connectivity index (χ1n) is 12.8. The summed E-state index contributed by atoms with van der Waals surface area (Å²) < 4.78 is 7.54. The molecule has 38 heavy (non-hydrogen) atoms. The second-order valence-electron chi connectivity index (χ2n) is 9.68. The van der Waals surface area contributed by atoms with E-state index in [1.54, 1.807) is 19.2 Å². The highest BCUT2D eigenvalue weighted by atomic mass is 16.5. The van der Waals surface area contributed by atoms with Gasteiger partial charge in [0.25, 0.3) is 5.91 Å². The molecule has 0 aliphatic heterocycles. The maximum Gasteiger partial charge on any atom is 0.251 e. The van der Waals surface area contributed by atoms with Gasteiger partial charge in [-0.15, -0.1) is 0 Å². The number of ether oxygens (including phenoxy) is 1. The topological polar surface area (TPSA) is 97.2 Å². The van der Waals surface area contributed by atoms with E-state index in [1.807, 2.05) is 56.3 Å². The molecule has 0 saturated carbocycles. The molecule has 0 bridgehead atoms. The molecule has 1 aliphatic rings. The van der Waals surface area contributed by atoms with Gasteiger partial charge in [0.1, 0.15) is 5.75 Å². The van der Waals surface area contributed by atoms with Crippen LogP contribution in [0.15, 0.2) is 54.7 Å². The number of aryl methyl sites for hydroxylation is 3. The van der Waals surface area contributed by atoms with Gasteiger partial charge in [0, 0.05) is 36.5 Å². The molecule has 2 N–H and O–H groups in total. The third-order valence-corrected chi connectivity index (χ3v) is 6.68. The Balaban J connectivity index is 1.40. The van der Waals surface area contributed by atoms with Crippen LogP contribution in [0.25, 0.3) is 22.5 Å². The van der Waals surface area contributed by atoms with Crippen LogP contribution in [-0.4, -0.2) is 64.9 Å². The number of hydrogen-bond acceptors (Lipinski definition) is 7. The van der Waals surface area contributed by atoms with E-state index in [2.05, 4.69) is 32.7 Å². The average molecular weight is 512 g/mol. The molecule has 2 aromatic carbocycles. The first-order valence-corrected chi connectivity index (χ1v) is 12.8. The minimum Gasteiger partial charge on any atom is -0.495 e. The predicted molar refractivity (Wildman–Crippen MR) is 149 cm³/mol. The highest BCUT2D eigenvalue weighted by Gasteiger charge is 2.27. The number of carbonyl (C=O) groups excluding carboxylic acids is 1. The Hall–Kier alpha value is -4.24. The highest BCUT2D eigenvalue weighted by molar-refractivity contribution is 5.95. The lowest BCUT2D eigenvalue weighted by atomic mass is 9.91. The molecular weight excluding hydrogens is 478 g/mol. The van der Waals surface area contributed by atoms with E-state index in [4.69, 9.17) is 14.8 Å². The lowest BCUT2D eigenvalue weighted by molar-refractivity contribution is 0.0952. The third-order valence-electron chi connectivity index (χ3n) is 6.68. The van der Waals surface area contributed by atoms with Crippen LogP contribution in [0.3, 0.4) is 0 Å². The lowest BCUT2D eigenvalue weighted by Crippen LogP contribution is -2.27. The van der Waals surface area contributed by atoms with Crippen molar-refractivity contribution in [1.29, 1.82) is 0 Å². The standard InChI is InChI=1S/C29H33N7O2/c1-35(2)16-8-15-30-28(37)20-11-13-22(24(17-20)38-4)32-29-31-18-21-12-14-23-25(26(21)33-29)27(36(3)34-23)19-9-6-5-7-10-19/h5-7,9-11,13,17-18H,8,12,14-16H2,1-4H3,(H,30,37)(H,31,32,33). The summed E-state index contributed by atoms with van der Waals surface area (Å²) in [6, 6.07) is 15.6. The fraction of sp³-hybridized carbons (Fsp3) is 0.310. The lowest BCUT2D eigenvalue weighted by Gasteiger charge is -2.18. The van der Waals surface area contributed by atoms with E-state index in [0.717, 1.165) is 59.6 Å². The summed E-state index contributed by atoms with van der Waals surface area (Å²) in [5.74, 6) is 0.870. The Kier molecular flexibility index (Phi) is 7.37. The van der Waals surface area contributed by atoms with Crippen molar-refractivity contribution in [3.05, 3.63) is 71.5 Å². The van der Waals surface area contributed by atoms with Crippen molar-refractivity contribution < 1.29 is 9.53 Å². The third kappa shape index (κ3) is 5.24. The molecule has 9 nitrogen and oxygen atoms in total.